The topological polar surface area (TPSA) is 102 Å². The lowest BCUT2D eigenvalue weighted by Crippen LogP contribution is -2.43. The van der Waals surface area contributed by atoms with Gasteiger partial charge in [-0.25, -0.2) is 23.6 Å². The van der Waals surface area contributed by atoms with Crippen LogP contribution in [0.2, 0.25) is 0 Å². The van der Waals surface area contributed by atoms with Crippen LogP contribution >= 0.6 is 0 Å². The summed E-state index contributed by atoms with van der Waals surface area (Å²) in [6, 6.07) is 3.69. The van der Waals surface area contributed by atoms with Crippen LogP contribution in [0.25, 0.3) is 5.65 Å². The highest BCUT2D eigenvalue weighted by Gasteiger charge is 2.38. The summed E-state index contributed by atoms with van der Waals surface area (Å²) in [7, 11) is 0. The number of amides is 2. The molecule has 2 aliphatic heterocycles. The second-order valence-corrected chi connectivity index (χ2v) is 8.47. The van der Waals surface area contributed by atoms with Gasteiger partial charge in [0.25, 0.3) is 5.91 Å². The van der Waals surface area contributed by atoms with E-state index in [1.165, 1.54) is 27.7 Å². The van der Waals surface area contributed by atoms with Crippen LogP contribution in [0.3, 0.4) is 0 Å². The molecule has 1 atom stereocenters. The number of hydrogen-bond acceptors (Lipinski definition) is 6. The van der Waals surface area contributed by atoms with Crippen LogP contribution in [0.15, 0.2) is 30.6 Å². The van der Waals surface area contributed by atoms with Crippen molar-refractivity contribution in [1.82, 2.24) is 24.9 Å². The molecule has 1 N–H and O–H groups in total. The van der Waals surface area contributed by atoms with E-state index in [0.29, 0.717) is 41.9 Å². The van der Waals surface area contributed by atoms with Gasteiger partial charge >= 0.3 is 6.09 Å². The third kappa shape index (κ3) is 3.47. The van der Waals surface area contributed by atoms with Crippen molar-refractivity contribution in [2.75, 3.05) is 11.5 Å². The third-order valence-corrected chi connectivity index (χ3v) is 5.61. The van der Waals surface area contributed by atoms with Gasteiger partial charge in [-0.2, -0.15) is 5.10 Å². The third-order valence-electron chi connectivity index (χ3n) is 5.61. The Hall–Kier alpha value is -3.56. The van der Waals surface area contributed by atoms with Crippen molar-refractivity contribution in [2.24, 2.45) is 0 Å². The van der Waals surface area contributed by atoms with Gasteiger partial charge < -0.3 is 10.1 Å². The maximum absolute atomic E-state index is 14.4. The molecule has 2 aliphatic rings. The molecule has 0 unspecified atom stereocenters. The quantitative estimate of drug-likeness (QED) is 0.596. The summed E-state index contributed by atoms with van der Waals surface area (Å²) in [6.07, 6.45) is 4.37. The minimum absolute atomic E-state index is 0.0290. The van der Waals surface area contributed by atoms with Crippen molar-refractivity contribution in [3.05, 3.63) is 53.4 Å². The molecule has 0 aliphatic carbocycles. The van der Waals surface area contributed by atoms with Crippen LogP contribution in [-0.4, -0.2) is 43.7 Å². The summed E-state index contributed by atoms with van der Waals surface area (Å²) in [4.78, 5) is 36.0. The summed E-state index contributed by atoms with van der Waals surface area (Å²) in [5, 5.41) is 7.22. The zero-order valence-electron chi connectivity index (χ0n) is 17.1. The van der Waals surface area contributed by atoms with Gasteiger partial charge in [0.2, 0.25) is 0 Å². The number of halogens is 1. The molecule has 9 nitrogen and oxygen atoms in total. The molecule has 5 heterocycles. The Morgan fingerprint density at radius 3 is 2.94 bits per heavy atom. The van der Waals surface area contributed by atoms with Gasteiger partial charge in [0.15, 0.2) is 5.65 Å². The Morgan fingerprint density at radius 1 is 1.26 bits per heavy atom. The van der Waals surface area contributed by atoms with E-state index in [4.69, 9.17) is 4.74 Å². The first kappa shape index (κ1) is 19.4. The van der Waals surface area contributed by atoms with Gasteiger partial charge in [0, 0.05) is 17.4 Å². The fourth-order valence-electron chi connectivity index (χ4n) is 4.07. The normalized spacial score (nSPS) is 20.7. The second-order valence-electron chi connectivity index (χ2n) is 8.47. The average molecular weight is 424 g/mol. The summed E-state index contributed by atoms with van der Waals surface area (Å²) in [6.45, 7) is 3.90. The van der Waals surface area contributed by atoms with E-state index in [2.05, 4.69) is 20.4 Å². The predicted octanol–water partition coefficient (Wildman–Crippen LogP) is 2.81. The van der Waals surface area contributed by atoms with Gasteiger partial charge in [0.05, 0.1) is 11.9 Å². The van der Waals surface area contributed by atoms with Crippen LogP contribution in [0.5, 0.6) is 0 Å². The Kier molecular flexibility index (Phi) is 4.38. The predicted molar refractivity (Wildman–Crippen MR) is 108 cm³/mol. The summed E-state index contributed by atoms with van der Waals surface area (Å²) >= 11 is 0. The van der Waals surface area contributed by atoms with E-state index in [1.807, 2.05) is 13.8 Å². The number of nitrogens with one attached hydrogen (secondary N) is 1. The number of hydrogen-bond donors (Lipinski definition) is 1. The van der Waals surface area contributed by atoms with Gasteiger partial charge in [-0.15, -0.1) is 0 Å². The Bertz CT molecular complexity index is 1210. The highest BCUT2D eigenvalue weighted by atomic mass is 19.1. The number of anilines is 1. The lowest BCUT2D eigenvalue weighted by atomic mass is 9.96. The van der Waals surface area contributed by atoms with Crippen molar-refractivity contribution in [1.29, 1.82) is 0 Å². The van der Waals surface area contributed by atoms with Crippen molar-refractivity contribution < 1.29 is 18.7 Å². The first-order chi connectivity index (χ1) is 14.8. The van der Waals surface area contributed by atoms with Gasteiger partial charge in [-0.1, -0.05) is 0 Å². The van der Waals surface area contributed by atoms with Crippen molar-refractivity contribution in [3.63, 3.8) is 0 Å². The molecule has 0 radical (unpaired) electrons. The number of ether oxygens (including phenoxy) is 1. The lowest BCUT2D eigenvalue weighted by molar-refractivity contribution is 0.0910. The molecule has 0 spiro atoms. The molecule has 1 saturated heterocycles. The first-order valence-corrected chi connectivity index (χ1v) is 10.1. The Balaban J connectivity index is 1.68. The Labute approximate surface area is 177 Å². The molecule has 31 heavy (non-hydrogen) atoms. The van der Waals surface area contributed by atoms with Crippen molar-refractivity contribution in [3.8, 4) is 0 Å². The second kappa shape index (κ2) is 7.00. The average Bonchev–Trinajstić information content (AvgIpc) is 3.29. The van der Waals surface area contributed by atoms with Crippen LogP contribution in [0.1, 0.15) is 54.5 Å². The largest absolute Gasteiger partial charge is 0.446 e. The highest BCUT2D eigenvalue weighted by Crippen LogP contribution is 2.32. The molecule has 4 bridgehead atoms. The van der Waals surface area contributed by atoms with Gasteiger partial charge in [-0.05, 0) is 51.3 Å². The first-order valence-electron chi connectivity index (χ1n) is 10.1. The summed E-state index contributed by atoms with van der Waals surface area (Å²) in [5.41, 5.74) is 1.11. The molecule has 0 saturated carbocycles. The lowest BCUT2D eigenvalue weighted by Gasteiger charge is -2.26. The molecule has 1 fully saturated rings. The van der Waals surface area contributed by atoms with Gasteiger partial charge in [0.1, 0.15) is 29.8 Å². The smallest absolute Gasteiger partial charge is 0.416 e. The number of fused-ring (bicyclic) bond motifs is 6. The monoisotopic (exact) mass is 424 g/mol. The van der Waals surface area contributed by atoms with E-state index in [0.717, 1.165) is 0 Å². The molecular formula is C21H21FN6O3. The van der Waals surface area contributed by atoms with Crippen LogP contribution < -0.4 is 10.2 Å². The number of nitrogens with zero attached hydrogens (tertiary/aromatic N) is 5. The Morgan fingerprint density at radius 2 is 2.10 bits per heavy atom. The highest BCUT2D eigenvalue weighted by molar-refractivity contribution is 6.00. The molecule has 3 aromatic rings. The van der Waals surface area contributed by atoms with Gasteiger partial charge in [-0.3, -0.25) is 9.78 Å². The van der Waals surface area contributed by atoms with Crippen molar-refractivity contribution in [2.45, 2.75) is 44.7 Å². The van der Waals surface area contributed by atoms with E-state index in [-0.39, 0.29) is 18.3 Å². The fraction of sp³-hybridized carbons (Fsp3) is 0.381. The molecular weight excluding hydrogens is 403 g/mol. The molecule has 0 aromatic carbocycles. The number of carbonyl (C=O) groups is 2. The summed E-state index contributed by atoms with van der Waals surface area (Å²) in [5.74, 6) is -0.446. The van der Waals surface area contributed by atoms with Crippen LogP contribution in [-0.2, 0) is 11.2 Å². The SMILES string of the molecule is CC1(C)CCCc2cc(F)cc(n2)[C@H]2COC(=O)N2c2ccn3ncc(c3n2)C(=O)N1. The minimum Gasteiger partial charge on any atom is -0.446 e. The number of aryl methyl sites for hydroxylation is 1. The number of rotatable bonds is 0. The molecule has 10 heteroatoms. The van der Waals surface area contributed by atoms with E-state index < -0.39 is 23.5 Å². The minimum atomic E-state index is -0.626. The number of aromatic nitrogens is 4. The van der Waals surface area contributed by atoms with E-state index in [9.17, 15) is 14.0 Å². The zero-order valence-corrected chi connectivity index (χ0v) is 17.1. The molecule has 160 valence electrons. The zero-order chi connectivity index (χ0) is 21.8. The maximum Gasteiger partial charge on any atom is 0.416 e. The standard InChI is InChI=1S/C21H21FN6O3/c1-21(2)6-3-4-13-8-12(22)9-15(24-13)16-11-31-20(30)28(16)17-5-7-27-18(25-17)14(10-23-27)19(29)26-21/h5,7-10,16H,3-4,6,11H2,1-2H3,(H,26,29)/t16-/m1/s1. The number of cyclic esters (lactones) is 1. The van der Waals surface area contributed by atoms with Crippen molar-refractivity contribution >= 4 is 23.5 Å². The fourth-order valence-corrected chi connectivity index (χ4v) is 4.07. The van der Waals surface area contributed by atoms with Crippen LogP contribution in [0, 0.1) is 5.82 Å². The molecule has 5 rings (SSSR count). The number of carbonyl (C=O) groups excluding carboxylic acids is 2. The van der Waals surface area contributed by atoms with Crippen LogP contribution in [0.4, 0.5) is 15.0 Å². The summed E-state index contributed by atoms with van der Waals surface area (Å²) < 4.78 is 21.1. The maximum atomic E-state index is 14.4. The molecule has 2 amide bonds. The van der Waals surface area contributed by atoms with E-state index in [1.54, 1.807) is 12.3 Å². The number of pyridine rings is 1. The molecule has 3 aromatic heterocycles. The van der Waals surface area contributed by atoms with E-state index >= 15 is 0 Å².